The molecular weight excluding hydrogens is 1560 g/mol. The third-order valence-electron chi connectivity index (χ3n) is 14.0. The summed E-state index contributed by atoms with van der Waals surface area (Å²) in [5.41, 5.74) is 15.7. The number of halogens is 1. The summed E-state index contributed by atoms with van der Waals surface area (Å²) >= 11 is 6.80. The van der Waals surface area contributed by atoms with E-state index in [-0.39, 0.29) is 67.3 Å². The normalized spacial score (nSPS) is 22.1. The second-order valence-electron chi connectivity index (χ2n) is 22.3. The lowest BCUT2D eigenvalue weighted by Gasteiger charge is -2.19. The van der Waals surface area contributed by atoms with Gasteiger partial charge in [0.1, 0.15) is 54.4 Å². The molecule has 3 aliphatic rings. The lowest BCUT2D eigenvalue weighted by Crippen LogP contribution is -2.29. The number of carboxylic acid groups (broad SMARTS) is 3. The number of phosphoric acid groups is 3. The first-order valence-electron chi connectivity index (χ1n) is 30.6. The first-order valence-corrected chi connectivity index (χ1v) is 39.6. The highest BCUT2D eigenvalue weighted by Crippen LogP contribution is 2.66. The Hall–Kier alpha value is -5.00. The Labute approximate surface area is 600 Å². The van der Waals surface area contributed by atoms with Gasteiger partial charge in [0.15, 0.2) is 0 Å². The van der Waals surface area contributed by atoms with Crippen LogP contribution in [0.5, 0.6) is 0 Å². The second-order valence-corrected chi connectivity index (χ2v) is 31.3. The molecular formula is C57H85IN9O27P3S3. The number of nitrogens with zero attached hydrogens (tertiary/aromatic N) is 6. The number of rotatable bonds is 33. The highest BCUT2D eigenvalue weighted by molar-refractivity contribution is 14.1. The summed E-state index contributed by atoms with van der Waals surface area (Å²) in [5, 5.41) is 74.1. The number of nitrogens with two attached hydrogens (primary N) is 3. The second kappa shape index (κ2) is 44.6. The number of ether oxygens (including phenoxy) is 3. The number of aliphatic carboxylic acids is 3. The fourth-order valence-electron chi connectivity index (χ4n) is 8.42. The minimum Gasteiger partial charge on any atom is -0.481 e. The number of phosphoric ester groups is 1. The number of carboxylic acids is 3. The summed E-state index contributed by atoms with van der Waals surface area (Å²) in [5.74, 6) is 15.4. The van der Waals surface area contributed by atoms with Gasteiger partial charge in [-0.25, -0.2) is 28.1 Å². The SMILES string of the molecule is C#CCCCCSCC(C)C(=O)O.CC(CSCCCCC#Cc1cn([C@H]2CC(O)[C@@H](CO)O2)c(=O)nc1N)C(=O)O.CC(CSCCCCC#Cc1cn([C@H]2CC(O)[C@@H](COP(=O)(O)OP(=O)(O)OP(=O)(O)O)O2)c(=O)nc1N)C(=O)O.Nc1nc(=O)n([C@H]2CC(O)[C@@H](CO)O2)cc1I. The molecule has 0 aromatic carbocycles. The van der Waals surface area contributed by atoms with Gasteiger partial charge in [0.25, 0.3) is 0 Å². The van der Waals surface area contributed by atoms with Crippen LogP contribution in [0.1, 0.15) is 128 Å². The van der Waals surface area contributed by atoms with Crippen LogP contribution in [-0.4, -0.2) is 198 Å². The van der Waals surface area contributed by atoms with Crippen LogP contribution in [0.4, 0.5) is 17.5 Å². The van der Waals surface area contributed by atoms with Crippen molar-refractivity contribution in [3.63, 3.8) is 0 Å². The molecule has 6 heterocycles. The molecule has 3 aromatic rings. The van der Waals surface area contributed by atoms with Gasteiger partial charge in [-0.3, -0.25) is 32.6 Å². The molecule has 43 heteroatoms. The van der Waals surface area contributed by atoms with E-state index < -0.39 is 126 Å². The van der Waals surface area contributed by atoms with Gasteiger partial charge in [0.05, 0.1) is 70.6 Å². The zero-order chi connectivity index (χ0) is 75.1. The number of unbranched alkanes of at least 4 members (excludes halogenated alkanes) is 6. The van der Waals surface area contributed by atoms with Gasteiger partial charge >= 0.3 is 58.4 Å². The maximum atomic E-state index is 12.4. The summed E-state index contributed by atoms with van der Waals surface area (Å²) in [6.07, 6.45) is 8.77. The van der Waals surface area contributed by atoms with Gasteiger partial charge in [0.2, 0.25) is 0 Å². The number of hydrogen-bond acceptors (Lipinski definition) is 29. The molecule has 18 N–H and O–H groups in total. The Morgan fingerprint density at radius 1 is 0.590 bits per heavy atom. The molecule has 0 radical (unpaired) electrons. The number of terminal acetylenes is 1. The summed E-state index contributed by atoms with van der Waals surface area (Å²) in [4.78, 5) is 115. The Morgan fingerprint density at radius 2 is 0.940 bits per heavy atom. The van der Waals surface area contributed by atoms with E-state index in [0.29, 0.717) is 39.2 Å². The highest BCUT2D eigenvalue weighted by atomic mass is 127. The lowest BCUT2D eigenvalue weighted by molar-refractivity contribution is -0.141. The molecule has 0 amide bonds. The van der Waals surface area contributed by atoms with Crippen LogP contribution in [0.3, 0.4) is 0 Å². The molecule has 100 heavy (non-hydrogen) atoms. The maximum Gasteiger partial charge on any atom is 0.490 e. The predicted octanol–water partition coefficient (Wildman–Crippen LogP) is 2.55. The van der Waals surface area contributed by atoms with Gasteiger partial charge in [-0.2, -0.15) is 58.9 Å². The van der Waals surface area contributed by atoms with Crippen molar-refractivity contribution in [1.82, 2.24) is 28.7 Å². The largest absolute Gasteiger partial charge is 0.490 e. The van der Waals surface area contributed by atoms with Gasteiger partial charge in [-0.1, -0.05) is 44.5 Å². The van der Waals surface area contributed by atoms with Crippen molar-refractivity contribution in [3.8, 4) is 36.0 Å². The van der Waals surface area contributed by atoms with E-state index in [2.05, 4.69) is 57.7 Å². The topological polar surface area (TPSA) is 583 Å². The van der Waals surface area contributed by atoms with Crippen LogP contribution in [-0.2, 0) is 55.4 Å². The molecule has 0 bridgehead atoms. The first-order chi connectivity index (χ1) is 46.9. The highest BCUT2D eigenvalue weighted by Gasteiger charge is 2.43. The number of nitrogen functional groups attached to an aromatic ring is 3. The van der Waals surface area contributed by atoms with E-state index in [1.807, 2.05) is 22.6 Å². The van der Waals surface area contributed by atoms with E-state index in [9.17, 15) is 72.7 Å². The van der Waals surface area contributed by atoms with Crippen LogP contribution in [0.2, 0.25) is 0 Å². The van der Waals surface area contributed by atoms with E-state index >= 15 is 0 Å². The summed E-state index contributed by atoms with van der Waals surface area (Å²) in [6, 6.07) is 0. The fourth-order valence-corrected chi connectivity index (χ4v) is 15.1. The van der Waals surface area contributed by atoms with Gasteiger partial charge in [-0.05, 0) is 78.4 Å². The average Bonchev–Trinajstić information content (AvgIpc) is 1.59. The van der Waals surface area contributed by atoms with E-state index in [4.69, 9.17) is 68.0 Å². The van der Waals surface area contributed by atoms with Crippen LogP contribution in [0.15, 0.2) is 33.0 Å². The average molecular weight is 1640 g/mol. The number of aliphatic hydroxyl groups excluding tert-OH is 5. The third-order valence-corrected chi connectivity index (χ3v) is 22.5. The molecule has 3 fully saturated rings. The minimum atomic E-state index is -5.72. The van der Waals surface area contributed by atoms with Crippen molar-refractivity contribution in [2.45, 2.75) is 153 Å². The minimum absolute atomic E-state index is 0.0363. The molecule has 0 saturated carbocycles. The Balaban J connectivity index is 0.000000380. The standard InChI is InChI=1S/C19H30N3O15P3S.C19H27N3O6S.C10H16O2S.C9H12IN3O4/c1-12(18(24)25)11-41-7-5-3-2-4-6-13-9-22(19(26)21-17(13)20)16-8-14(23)15(35-16)10-34-39(30,31)37-40(32,33)36-38(27,28)29;1-12(18(25)26)11-29-7-5-3-2-4-6-13-9-22(19(27)21-17(13)20)16-8-14(24)15(10-23)28-16;1-3-4-5-6-7-13-8-9(2)10(11)12;10-4-2-13(9(16)12-8(4)11)7-1-5(15)6(3-14)17-7/h9,12,14-16,23H,2-3,5,7-8,10-11H2,1H3,(H,24,25)(H,30,31)(H,32,33)(H2,20,21,26)(H2,27,28,29);9,12,14-16,23-24H,2-3,5,7-8,10-11H2,1H3,(H,25,26)(H2,20,21,27);1,9H,4-8H2,2H3,(H,11,12);2,5-7,14-15H,1,3H2,(H2,11,12,16)/t2*12?,14?,15-,16-;;5?,6-,7-/m11.1/s1. The van der Waals surface area contributed by atoms with Crippen LogP contribution < -0.4 is 34.3 Å². The number of carbonyl (C=O) groups is 3. The molecule has 3 aliphatic heterocycles. The number of aliphatic hydroxyl groups is 5. The Morgan fingerprint density at radius 3 is 1.29 bits per heavy atom. The van der Waals surface area contributed by atoms with E-state index in [1.54, 1.807) is 44.3 Å². The zero-order valence-electron chi connectivity index (χ0n) is 54.4. The number of aromatic nitrogens is 6. The summed E-state index contributed by atoms with van der Waals surface area (Å²) in [7, 11) is -16.7. The van der Waals surface area contributed by atoms with Crippen LogP contribution in [0.25, 0.3) is 0 Å². The van der Waals surface area contributed by atoms with Crippen molar-refractivity contribution < 1.29 is 116 Å². The van der Waals surface area contributed by atoms with E-state index in [1.165, 1.54) is 39.5 Å². The molecule has 0 spiro atoms. The molecule has 8 unspecified atom stereocenters. The van der Waals surface area contributed by atoms with Gasteiger partial charge in [0, 0.05) is 74.4 Å². The molecule has 36 nitrogen and oxygen atoms in total. The maximum absolute atomic E-state index is 12.4. The van der Waals surface area contributed by atoms with Gasteiger partial charge in [-0.15, -0.1) is 12.3 Å². The van der Waals surface area contributed by atoms with Crippen molar-refractivity contribution >= 4 is 117 Å². The molecule has 560 valence electrons. The van der Waals surface area contributed by atoms with Crippen molar-refractivity contribution in [2.75, 3.05) is 71.5 Å². The zero-order valence-corrected chi connectivity index (χ0v) is 61.7. The fraction of sp³-hybridized carbons (Fsp3) is 0.632. The quantitative estimate of drug-likeness (QED) is 0.0180. The molecule has 6 rings (SSSR count). The van der Waals surface area contributed by atoms with Crippen molar-refractivity contribution in [3.05, 3.63) is 64.7 Å². The Kier molecular flexibility index (Phi) is 39.8. The number of thioether (sulfide) groups is 3. The predicted molar refractivity (Wildman–Crippen MR) is 376 cm³/mol. The van der Waals surface area contributed by atoms with Crippen LogP contribution in [0, 0.1) is 57.3 Å². The van der Waals surface area contributed by atoms with Crippen molar-refractivity contribution in [1.29, 1.82) is 0 Å². The molecule has 0 aliphatic carbocycles. The summed E-state index contributed by atoms with van der Waals surface area (Å²) < 4.78 is 66.2. The third kappa shape index (κ3) is 32.8. The summed E-state index contributed by atoms with van der Waals surface area (Å²) in [6.45, 7) is 3.54. The molecule has 3 aromatic heterocycles. The van der Waals surface area contributed by atoms with E-state index in [0.717, 1.165) is 66.8 Å². The lowest BCUT2D eigenvalue weighted by atomic mass is 10.2. The van der Waals surface area contributed by atoms with Crippen LogP contribution >= 0.6 is 81.3 Å². The first kappa shape index (κ1) is 89.2. The Bertz CT molecular complexity index is 3680. The monoisotopic (exact) mass is 1640 g/mol. The number of hydrogen-bond donors (Lipinski definition) is 15. The van der Waals surface area contributed by atoms with Crippen molar-refractivity contribution in [2.24, 2.45) is 17.8 Å². The smallest absolute Gasteiger partial charge is 0.481 e. The number of anilines is 3. The van der Waals surface area contributed by atoms with Gasteiger partial charge < -0.3 is 91.8 Å². The molecule has 14 atom stereocenters. The molecule has 3 saturated heterocycles.